The number of aromatic nitrogens is 12. The minimum Gasteiger partial charge on any atom is -0.265 e. The van der Waals surface area contributed by atoms with Gasteiger partial charge in [0, 0.05) is 92.2 Å². The molecule has 0 atom stereocenters. The first-order valence-corrected chi connectivity index (χ1v) is 44.1. The van der Waals surface area contributed by atoms with Gasteiger partial charge in [-0.3, -0.25) is 19.9 Å². The van der Waals surface area contributed by atoms with Crippen LogP contribution < -0.4 is 0 Å². The minimum atomic E-state index is 0.109. The third-order valence-corrected chi connectivity index (χ3v) is 23.5. The Balaban J connectivity index is 0.000000113. The molecule has 0 fully saturated rings. The number of fused-ring (bicyclic) bond motifs is 5. The normalized spacial score (nSPS) is 11.2. The van der Waals surface area contributed by atoms with Gasteiger partial charge in [0.25, 0.3) is 0 Å². The monoisotopic (exact) mass is 1690 g/mol. The molecular weight excluding hydrogens is 1600 g/mol. The summed E-state index contributed by atoms with van der Waals surface area (Å²) in [4.78, 5) is 57.9. The van der Waals surface area contributed by atoms with E-state index in [1.807, 2.05) is 213 Å². The van der Waals surface area contributed by atoms with E-state index in [1.54, 1.807) is 0 Å². The van der Waals surface area contributed by atoms with Crippen molar-refractivity contribution in [2.75, 3.05) is 0 Å². The van der Waals surface area contributed by atoms with E-state index in [2.05, 4.69) is 276 Å². The van der Waals surface area contributed by atoms with E-state index in [9.17, 15) is 0 Å². The Bertz CT molecular complexity index is 7810. The molecule has 0 radical (unpaired) electrons. The van der Waals surface area contributed by atoms with Gasteiger partial charge in [0.1, 0.15) is 0 Å². The second-order valence-corrected chi connectivity index (χ2v) is 33.9. The second kappa shape index (κ2) is 37.5. The van der Waals surface area contributed by atoms with Crippen molar-refractivity contribution in [1.82, 2.24) is 59.8 Å². The molecular formula is C119H92N12. The Kier molecular flexibility index (Phi) is 24.0. The van der Waals surface area contributed by atoms with Crippen LogP contribution in [0.25, 0.3) is 201 Å². The van der Waals surface area contributed by atoms with Gasteiger partial charge in [-0.1, -0.05) is 310 Å². The maximum atomic E-state index is 5.15. The number of pyridine rings is 4. The van der Waals surface area contributed by atoms with Crippen molar-refractivity contribution in [1.29, 1.82) is 0 Å². The molecule has 0 amide bonds. The van der Waals surface area contributed by atoms with Gasteiger partial charge in [0.05, 0.1) is 107 Å². The van der Waals surface area contributed by atoms with Gasteiger partial charge in [-0.05, 0) is 199 Å². The molecule has 628 valence electrons. The molecule has 0 spiro atoms. The van der Waals surface area contributed by atoms with Gasteiger partial charge in [-0.2, -0.15) is 0 Å². The van der Waals surface area contributed by atoms with Gasteiger partial charge in [-0.25, -0.2) is 39.9 Å². The SMILES string of the molecule is CC(C)(C)c1ccc(-c2nc3ccccc3nc2-c2ccc(-c3ccccn3)cc2)cc1.Cc1cc(C)c(-c2nc3ccccc3nc2-c2ccc(-c3ccccn3)cc2)c(C)c1.Cc1cc(C)cc(-c2nc3ccccc3nc2-c2ccc(-c3ccccn3)cc2)c1.c1ccc(-c2nc3ccccc3nc2-c2ccc(-c3ccc(-c4ccncc4)cc3)c3ccccc23)cc1. The molecule has 12 heteroatoms. The summed E-state index contributed by atoms with van der Waals surface area (Å²) >= 11 is 0. The number of hydrogen-bond donors (Lipinski definition) is 0. The smallest absolute Gasteiger partial charge is 0.0979 e. The Morgan fingerprint density at radius 1 is 0.191 bits per heavy atom. The molecule has 12 nitrogen and oxygen atoms in total. The van der Waals surface area contributed by atoms with Crippen LogP contribution >= 0.6 is 0 Å². The van der Waals surface area contributed by atoms with E-state index in [0.29, 0.717) is 0 Å². The highest BCUT2D eigenvalue weighted by molar-refractivity contribution is 6.07. The summed E-state index contributed by atoms with van der Waals surface area (Å²) in [5.74, 6) is 0. The maximum absolute atomic E-state index is 5.15. The summed E-state index contributed by atoms with van der Waals surface area (Å²) in [6, 6.07) is 131. The van der Waals surface area contributed by atoms with Gasteiger partial charge in [0.15, 0.2) is 0 Å². The van der Waals surface area contributed by atoms with Crippen LogP contribution in [0, 0.1) is 34.6 Å². The number of nitrogens with zero attached hydrogens (tertiary/aromatic N) is 12. The Hall–Kier alpha value is -16.7. The Morgan fingerprint density at radius 3 is 0.863 bits per heavy atom. The molecule has 0 aliphatic rings. The summed E-state index contributed by atoms with van der Waals surface area (Å²) in [6.45, 7) is 17.4. The van der Waals surface area contributed by atoms with E-state index in [1.165, 1.54) is 55.5 Å². The lowest BCUT2D eigenvalue weighted by Gasteiger charge is -2.19. The van der Waals surface area contributed by atoms with Crippen molar-refractivity contribution in [2.24, 2.45) is 0 Å². The zero-order valence-electron chi connectivity index (χ0n) is 74.1. The molecule has 0 unspecified atom stereocenters. The molecule has 22 rings (SSSR count). The average Bonchev–Trinajstić information content (AvgIpc) is 0.753. The zero-order chi connectivity index (χ0) is 89.3. The van der Waals surface area contributed by atoms with Crippen LogP contribution in [0.4, 0.5) is 0 Å². The number of para-hydroxylation sites is 8. The summed E-state index contributed by atoms with van der Waals surface area (Å²) in [6.07, 6.45) is 9.11. The van der Waals surface area contributed by atoms with E-state index in [-0.39, 0.29) is 5.41 Å². The summed E-state index contributed by atoms with van der Waals surface area (Å²) in [5.41, 5.74) is 41.4. The molecule has 0 aliphatic heterocycles. The third kappa shape index (κ3) is 18.5. The number of hydrogen-bond acceptors (Lipinski definition) is 12. The largest absolute Gasteiger partial charge is 0.265 e. The van der Waals surface area contributed by atoms with Crippen LogP contribution in [-0.2, 0) is 5.41 Å². The zero-order valence-corrected chi connectivity index (χ0v) is 74.1. The van der Waals surface area contributed by atoms with Gasteiger partial charge in [0.2, 0.25) is 0 Å². The van der Waals surface area contributed by atoms with E-state index in [0.717, 1.165) is 179 Å². The maximum Gasteiger partial charge on any atom is 0.0979 e. The topological polar surface area (TPSA) is 155 Å². The van der Waals surface area contributed by atoms with Crippen LogP contribution in [0.3, 0.4) is 0 Å². The first kappa shape index (κ1) is 83.8. The van der Waals surface area contributed by atoms with Crippen LogP contribution in [0.15, 0.2) is 413 Å². The predicted octanol–water partition coefficient (Wildman–Crippen LogP) is 29.8. The molecule has 0 N–H and O–H groups in total. The van der Waals surface area contributed by atoms with Crippen LogP contribution in [0.2, 0.25) is 0 Å². The van der Waals surface area contributed by atoms with E-state index < -0.39 is 0 Å². The van der Waals surface area contributed by atoms with Crippen LogP contribution in [-0.4, -0.2) is 59.8 Å². The highest BCUT2D eigenvalue weighted by Gasteiger charge is 2.23. The lowest BCUT2D eigenvalue weighted by atomic mass is 9.86. The van der Waals surface area contributed by atoms with Crippen molar-refractivity contribution in [3.8, 4) is 146 Å². The minimum absolute atomic E-state index is 0.109. The van der Waals surface area contributed by atoms with Crippen molar-refractivity contribution < 1.29 is 0 Å². The summed E-state index contributed by atoms with van der Waals surface area (Å²) in [5, 5.41) is 2.35. The van der Waals surface area contributed by atoms with E-state index in [4.69, 9.17) is 39.9 Å². The molecule has 14 aromatic carbocycles. The standard InChI is InChI=1S/C35H23N3.C29H25N3.C28H23N3.C27H21N3/c1-2-8-27(9-3-1)34-35(38-33-13-7-6-12-32(33)37-34)31-19-18-28(29-10-4-5-11-30(29)31)26-16-14-24(15-17-26)25-20-22-36-23-21-25;1-29(2,3)23-17-15-22(16-18-23)28-27(31-25-9-4-5-10-26(25)32-28)21-13-11-20(12-14-21)24-8-6-7-19-30-24;1-18-16-19(2)26(20(3)17-18)28-27(30-24-9-4-5-10-25(24)31-28)22-13-11-21(12-14-22)23-8-6-7-15-29-23;1-18-15-19(2)17-22(16-18)27-26(29-24-8-3-4-9-25(24)30-27)21-12-10-20(11-13-21)23-7-5-6-14-28-23/h1-23H;4-19H,1-3H3;4-17H,1-3H3;3-17H,1-2H3. The fraction of sp³-hybridized carbons (Fsp3) is 0.0756. The fourth-order valence-electron chi connectivity index (χ4n) is 17.1. The number of aryl methyl sites for hydroxylation is 5. The molecule has 0 saturated heterocycles. The molecule has 0 saturated carbocycles. The van der Waals surface area contributed by atoms with Crippen LogP contribution in [0.5, 0.6) is 0 Å². The molecule has 8 aromatic heterocycles. The first-order chi connectivity index (χ1) is 64.1. The lowest BCUT2D eigenvalue weighted by Crippen LogP contribution is -2.10. The van der Waals surface area contributed by atoms with Crippen LogP contribution in [0.1, 0.15) is 54.2 Å². The van der Waals surface area contributed by atoms with Crippen molar-refractivity contribution in [2.45, 2.75) is 60.8 Å². The predicted molar refractivity (Wildman–Crippen MR) is 540 cm³/mol. The fourth-order valence-corrected chi connectivity index (χ4v) is 17.1. The summed E-state index contributed by atoms with van der Waals surface area (Å²) in [7, 11) is 0. The molecule has 0 aliphatic carbocycles. The summed E-state index contributed by atoms with van der Waals surface area (Å²) < 4.78 is 0. The Labute approximate surface area is 763 Å². The van der Waals surface area contributed by atoms with Gasteiger partial charge >= 0.3 is 0 Å². The highest BCUT2D eigenvalue weighted by Crippen LogP contribution is 2.43. The molecule has 0 bridgehead atoms. The molecule has 131 heavy (non-hydrogen) atoms. The molecule has 8 heterocycles. The Morgan fingerprint density at radius 2 is 0.473 bits per heavy atom. The average molecular weight is 1690 g/mol. The lowest BCUT2D eigenvalue weighted by molar-refractivity contribution is 0.590. The molecule has 22 aromatic rings. The van der Waals surface area contributed by atoms with Gasteiger partial charge in [-0.15, -0.1) is 0 Å². The van der Waals surface area contributed by atoms with E-state index >= 15 is 0 Å². The van der Waals surface area contributed by atoms with Crippen molar-refractivity contribution in [3.05, 3.63) is 447 Å². The van der Waals surface area contributed by atoms with Gasteiger partial charge < -0.3 is 0 Å². The van der Waals surface area contributed by atoms with Crippen molar-refractivity contribution >= 4 is 54.9 Å². The van der Waals surface area contributed by atoms with Crippen molar-refractivity contribution in [3.63, 3.8) is 0 Å². The first-order valence-electron chi connectivity index (χ1n) is 44.1. The highest BCUT2D eigenvalue weighted by atomic mass is 14.9. The quantitative estimate of drug-likeness (QED) is 0.108. The number of rotatable bonds is 13. The number of benzene rings is 14. The third-order valence-electron chi connectivity index (χ3n) is 23.5. The second-order valence-electron chi connectivity index (χ2n) is 33.9.